The van der Waals surface area contributed by atoms with E-state index in [1.807, 2.05) is 6.07 Å². The number of H-pyrrole nitrogens is 1. The first kappa shape index (κ1) is 19.5. The van der Waals surface area contributed by atoms with Crippen molar-refractivity contribution >= 4 is 22.5 Å². The molecule has 1 N–H and O–H groups in total. The van der Waals surface area contributed by atoms with Crippen LogP contribution in [0.1, 0.15) is 31.4 Å². The molecule has 3 aromatic rings. The number of rotatable bonds is 4. The minimum absolute atomic E-state index is 0.332. The van der Waals surface area contributed by atoms with Gasteiger partial charge in [0, 0.05) is 38.4 Å². The van der Waals surface area contributed by atoms with E-state index >= 15 is 0 Å². The first-order valence-corrected chi connectivity index (χ1v) is 11.2. The number of pyridine rings is 1. The number of aromatic amines is 1. The first-order chi connectivity index (χ1) is 15.7. The monoisotopic (exact) mass is 434 g/mol. The van der Waals surface area contributed by atoms with Crippen LogP contribution in [0.25, 0.3) is 16.9 Å². The molecule has 0 radical (unpaired) electrons. The number of fused-ring (bicyclic) bond motifs is 3. The Labute approximate surface area is 185 Å². The van der Waals surface area contributed by atoms with E-state index in [1.54, 1.807) is 10.9 Å². The van der Waals surface area contributed by atoms with Crippen molar-refractivity contribution in [2.24, 2.45) is 0 Å². The lowest BCUT2D eigenvalue weighted by atomic mass is 10.1. The van der Waals surface area contributed by atoms with Crippen LogP contribution in [0.4, 0.5) is 11.5 Å². The lowest BCUT2D eigenvalue weighted by Crippen LogP contribution is -2.46. The van der Waals surface area contributed by atoms with Crippen molar-refractivity contribution < 1.29 is 9.47 Å². The van der Waals surface area contributed by atoms with Crippen molar-refractivity contribution in [1.29, 1.82) is 5.26 Å². The van der Waals surface area contributed by atoms with E-state index in [4.69, 9.17) is 14.5 Å². The summed E-state index contributed by atoms with van der Waals surface area (Å²) in [5, 5.41) is 22.3. The maximum Gasteiger partial charge on any atom is 0.174 e. The van der Waals surface area contributed by atoms with E-state index in [0.29, 0.717) is 35.3 Å². The van der Waals surface area contributed by atoms with Gasteiger partial charge in [-0.2, -0.15) is 20.1 Å². The topological polar surface area (TPSA) is 108 Å². The highest BCUT2D eigenvalue weighted by Gasteiger charge is 2.39. The summed E-state index contributed by atoms with van der Waals surface area (Å²) in [4.78, 5) is 9.78. The van der Waals surface area contributed by atoms with Crippen LogP contribution in [-0.2, 0) is 9.47 Å². The third kappa shape index (κ3) is 3.04. The smallest absolute Gasteiger partial charge is 0.174 e. The van der Waals surface area contributed by atoms with Crippen LogP contribution in [0, 0.1) is 11.3 Å². The Bertz CT molecular complexity index is 1150. The van der Waals surface area contributed by atoms with Gasteiger partial charge < -0.3 is 19.3 Å². The Balaban J connectivity index is 1.56. The summed E-state index contributed by atoms with van der Waals surface area (Å²) in [6, 6.07) is 7.27. The van der Waals surface area contributed by atoms with Crippen molar-refractivity contribution in [3.05, 3.63) is 24.0 Å². The normalized spacial score (nSPS) is 23.6. The number of morpholine rings is 1. The van der Waals surface area contributed by atoms with Gasteiger partial charge in [-0.05, 0) is 25.7 Å². The number of nitrogens with one attached hydrogen (secondary N) is 1. The molecule has 3 aromatic heterocycles. The molecule has 2 atom stereocenters. The van der Waals surface area contributed by atoms with Crippen molar-refractivity contribution in [2.75, 3.05) is 43.3 Å². The second-order valence-corrected chi connectivity index (χ2v) is 8.80. The molecule has 3 saturated heterocycles. The molecule has 2 bridgehead atoms. The number of aromatic nitrogens is 5. The number of nitriles is 1. The van der Waals surface area contributed by atoms with E-state index in [-0.39, 0.29) is 0 Å². The van der Waals surface area contributed by atoms with Gasteiger partial charge in [-0.1, -0.05) is 0 Å². The fourth-order valence-corrected chi connectivity index (χ4v) is 5.38. The maximum atomic E-state index is 9.93. The molecule has 3 aliphatic rings. The molecule has 10 heteroatoms. The highest BCUT2D eigenvalue weighted by atomic mass is 16.5. The molecule has 6 heterocycles. The van der Waals surface area contributed by atoms with Gasteiger partial charge in [-0.15, -0.1) is 0 Å². The number of anilines is 2. The third-order valence-corrected chi connectivity index (χ3v) is 7.05. The Morgan fingerprint density at radius 2 is 1.94 bits per heavy atom. The molecule has 0 aliphatic carbocycles. The molecule has 0 aromatic carbocycles. The van der Waals surface area contributed by atoms with Crippen LogP contribution in [0.2, 0.25) is 0 Å². The van der Waals surface area contributed by atoms with Gasteiger partial charge in [-0.3, -0.25) is 5.10 Å². The van der Waals surface area contributed by atoms with Gasteiger partial charge >= 0.3 is 0 Å². The highest BCUT2D eigenvalue weighted by Crippen LogP contribution is 2.39. The molecule has 6 rings (SSSR count). The summed E-state index contributed by atoms with van der Waals surface area (Å²) in [6.45, 7) is 2.96. The van der Waals surface area contributed by atoms with Crippen molar-refractivity contribution in [1.82, 2.24) is 25.0 Å². The predicted octanol–water partition coefficient (Wildman–Crippen LogP) is 2.00. The summed E-state index contributed by atoms with van der Waals surface area (Å²) >= 11 is 0. The maximum absolute atomic E-state index is 9.93. The summed E-state index contributed by atoms with van der Waals surface area (Å²) in [5.74, 6) is 1.61. The fourth-order valence-electron chi connectivity index (χ4n) is 5.38. The average molecular weight is 435 g/mol. The Kier molecular flexibility index (Phi) is 4.73. The Morgan fingerprint density at radius 1 is 1.16 bits per heavy atom. The van der Waals surface area contributed by atoms with Gasteiger partial charge in [0.05, 0.1) is 42.6 Å². The minimum atomic E-state index is 0.332. The molecule has 0 spiro atoms. The molecule has 2 unspecified atom stereocenters. The van der Waals surface area contributed by atoms with Crippen LogP contribution in [0.15, 0.2) is 18.3 Å². The van der Waals surface area contributed by atoms with Crippen molar-refractivity contribution in [3.8, 4) is 11.9 Å². The van der Waals surface area contributed by atoms with Crippen LogP contribution < -0.4 is 9.80 Å². The first-order valence-electron chi connectivity index (χ1n) is 11.2. The quantitative estimate of drug-likeness (QED) is 0.664. The van der Waals surface area contributed by atoms with Gasteiger partial charge in [0.2, 0.25) is 0 Å². The van der Waals surface area contributed by atoms with Crippen LogP contribution in [-0.4, -0.2) is 76.6 Å². The summed E-state index contributed by atoms with van der Waals surface area (Å²) < 4.78 is 13.1. The summed E-state index contributed by atoms with van der Waals surface area (Å²) in [6.07, 6.45) is 5.80. The summed E-state index contributed by atoms with van der Waals surface area (Å²) in [5.41, 5.74) is 2.03. The van der Waals surface area contributed by atoms with Gasteiger partial charge in [0.1, 0.15) is 11.9 Å². The number of nitrogens with zero attached hydrogens (tertiary/aromatic N) is 7. The molecule has 0 saturated carbocycles. The van der Waals surface area contributed by atoms with Crippen LogP contribution in [0.3, 0.4) is 0 Å². The van der Waals surface area contributed by atoms with E-state index in [1.165, 1.54) is 0 Å². The van der Waals surface area contributed by atoms with E-state index in [2.05, 4.69) is 44.3 Å². The molecule has 3 aliphatic heterocycles. The molecular formula is C22H26N8O2. The van der Waals surface area contributed by atoms with E-state index in [0.717, 1.165) is 69.0 Å². The predicted molar refractivity (Wildman–Crippen MR) is 118 cm³/mol. The average Bonchev–Trinajstić information content (AvgIpc) is 3.55. The van der Waals surface area contributed by atoms with Crippen LogP contribution >= 0.6 is 0 Å². The summed E-state index contributed by atoms with van der Waals surface area (Å²) in [7, 11) is 2.11. The zero-order valence-electron chi connectivity index (χ0n) is 18.1. The lowest BCUT2D eigenvalue weighted by Gasteiger charge is -2.37. The molecule has 3 fully saturated rings. The standard InChI is InChI=1S/C22H26N8O2/c1-28(14-5-8-31-9-6-14)18-10-20(29-15-2-3-16(29)13-32-12-15)25-22-21(18)17(11-23)27-30(22)19-4-7-24-26-19/h4,7,10,14-16H,2-3,5-6,8-9,12-13H2,1H3,(H,24,26). The fraction of sp³-hybridized carbons (Fsp3) is 0.545. The number of hydrogen-bond acceptors (Lipinski definition) is 8. The largest absolute Gasteiger partial charge is 0.381 e. The van der Waals surface area contributed by atoms with Crippen molar-refractivity contribution in [3.63, 3.8) is 0 Å². The molecular weight excluding hydrogens is 408 g/mol. The Morgan fingerprint density at radius 3 is 2.62 bits per heavy atom. The minimum Gasteiger partial charge on any atom is -0.381 e. The highest BCUT2D eigenvalue weighted by molar-refractivity contribution is 5.96. The number of hydrogen-bond donors (Lipinski definition) is 1. The number of ether oxygens (including phenoxy) is 2. The second-order valence-electron chi connectivity index (χ2n) is 8.80. The van der Waals surface area contributed by atoms with Gasteiger partial charge in [0.25, 0.3) is 0 Å². The molecule has 32 heavy (non-hydrogen) atoms. The lowest BCUT2D eigenvalue weighted by molar-refractivity contribution is 0.0855. The molecule has 166 valence electrons. The Hall–Kier alpha value is -3.16. The van der Waals surface area contributed by atoms with E-state index in [9.17, 15) is 5.26 Å². The zero-order valence-corrected chi connectivity index (χ0v) is 18.1. The zero-order chi connectivity index (χ0) is 21.7. The third-order valence-electron chi connectivity index (χ3n) is 7.05. The van der Waals surface area contributed by atoms with Crippen molar-refractivity contribution in [2.45, 2.75) is 43.8 Å². The van der Waals surface area contributed by atoms with Gasteiger partial charge in [-0.25, -0.2) is 4.98 Å². The molecule has 10 nitrogen and oxygen atoms in total. The van der Waals surface area contributed by atoms with E-state index < -0.39 is 0 Å². The molecule has 0 amide bonds. The van der Waals surface area contributed by atoms with Crippen LogP contribution in [0.5, 0.6) is 0 Å². The second kappa shape index (κ2) is 7.76. The SMILES string of the molecule is CN(c1cc(N2C3CCC2COC3)nc2c1c(C#N)nn2-c1ccn[nH]1)C1CCOCC1. The van der Waals surface area contributed by atoms with Gasteiger partial charge in [0.15, 0.2) is 17.2 Å².